The van der Waals surface area contributed by atoms with Crippen molar-refractivity contribution in [3.8, 4) is 11.5 Å². The summed E-state index contributed by atoms with van der Waals surface area (Å²) in [6, 6.07) is 5.03. The first-order valence-electron chi connectivity index (χ1n) is 6.04. The Balaban J connectivity index is 2.35. The van der Waals surface area contributed by atoms with Crippen molar-refractivity contribution in [1.82, 2.24) is 10.6 Å². The van der Waals surface area contributed by atoms with Gasteiger partial charge in [-0.05, 0) is 18.1 Å². The van der Waals surface area contributed by atoms with Crippen LogP contribution in [0.1, 0.15) is 5.56 Å². The minimum absolute atomic E-state index is 0.117. The van der Waals surface area contributed by atoms with E-state index >= 15 is 0 Å². The average Bonchev–Trinajstić information content (AvgIpc) is 2.41. The number of phenolic OH excluding ortho intramolecular Hbond substituents is 1. The smallest absolute Gasteiger partial charge is 0.314 e. The average molecular weight is 268 g/mol. The van der Waals surface area contributed by atoms with E-state index in [0.29, 0.717) is 31.9 Å². The van der Waals surface area contributed by atoms with E-state index < -0.39 is 0 Å². The van der Waals surface area contributed by atoms with E-state index in [0.717, 1.165) is 5.56 Å². The highest BCUT2D eigenvalue weighted by Crippen LogP contribution is 2.29. The summed E-state index contributed by atoms with van der Waals surface area (Å²) in [5.74, 6) is 0.550. The predicted octanol–water partition coefficient (Wildman–Crippen LogP) is 0.889. The molecule has 0 saturated carbocycles. The second kappa shape index (κ2) is 8.20. The fraction of sp³-hybridized carbons (Fsp3) is 0.462. The topological polar surface area (TPSA) is 79.8 Å². The third-order valence-corrected chi connectivity index (χ3v) is 2.57. The quantitative estimate of drug-likeness (QED) is 0.642. The molecule has 0 heterocycles. The maximum atomic E-state index is 11.4. The van der Waals surface area contributed by atoms with E-state index in [2.05, 4.69) is 10.6 Å². The predicted molar refractivity (Wildman–Crippen MR) is 71.6 cm³/mol. The van der Waals surface area contributed by atoms with Crippen LogP contribution in [0.4, 0.5) is 4.79 Å². The second-order valence-electron chi connectivity index (χ2n) is 3.89. The van der Waals surface area contributed by atoms with Crippen LogP contribution in [0.25, 0.3) is 0 Å². The Bertz CT molecular complexity index is 410. The first-order valence-corrected chi connectivity index (χ1v) is 6.04. The van der Waals surface area contributed by atoms with Gasteiger partial charge in [0.05, 0.1) is 13.7 Å². The van der Waals surface area contributed by atoms with E-state index in [1.54, 1.807) is 25.3 Å². The largest absolute Gasteiger partial charge is 0.504 e. The molecule has 0 atom stereocenters. The summed E-state index contributed by atoms with van der Waals surface area (Å²) in [4.78, 5) is 11.4. The normalized spacial score (nSPS) is 10.0. The number of benzene rings is 1. The molecule has 0 aliphatic rings. The lowest BCUT2D eigenvalue weighted by molar-refractivity contribution is 0.196. The Morgan fingerprint density at radius 1 is 1.26 bits per heavy atom. The molecule has 1 aromatic rings. The molecule has 106 valence electrons. The molecule has 6 nitrogen and oxygen atoms in total. The van der Waals surface area contributed by atoms with Crippen LogP contribution in [0.5, 0.6) is 11.5 Å². The van der Waals surface area contributed by atoms with Gasteiger partial charge in [-0.1, -0.05) is 12.1 Å². The number of hydrogen-bond donors (Lipinski definition) is 3. The molecule has 6 heteroatoms. The maximum absolute atomic E-state index is 11.4. The highest BCUT2D eigenvalue weighted by Gasteiger charge is 2.07. The summed E-state index contributed by atoms with van der Waals surface area (Å²) in [7, 11) is 3.07. The molecule has 0 radical (unpaired) electrons. The van der Waals surface area contributed by atoms with Gasteiger partial charge in [-0.15, -0.1) is 0 Å². The molecule has 0 fully saturated rings. The molecular formula is C13H20N2O4. The van der Waals surface area contributed by atoms with Crippen molar-refractivity contribution in [1.29, 1.82) is 0 Å². The fourth-order valence-corrected chi connectivity index (χ4v) is 1.57. The van der Waals surface area contributed by atoms with Crippen LogP contribution in [0.3, 0.4) is 0 Å². The molecule has 1 rings (SSSR count). The summed E-state index contributed by atoms with van der Waals surface area (Å²) in [6.45, 7) is 1.37. The van der Waals surface area contributed by atoms with Crippen molar-refractivity contribution in [2.75, 3.05) is 33.9 Å². The first-order chi connectivity index (χ1) is 9.19. The van der Waals surface area contributed by atoms with E-state index in [9.17, 15) is 9.90 Å². The van der Waals surface area contributed by atoms with Gasteiger partial charge in [-0.2, -0.15) is 0 Å². The van der Waals surface area contributed by atoms with Crippen molar-refractivity contribution in [3.05, 3.63) is 23.8 Å². The van der Waals surface area contributed by atoms with Crippen molar-refractivity contribution >= 4 is 6.03 Å². The molecule has 19 heavy (non-hydrogen) atoms. The lowest BCUT2D eigenvalue weighted by Gasteiger charge is -2.10. The monoisotopic (exact) mass is 268 g/mol. The molecule has 0 aliphatic heterocycles. The Morgan fingerprint density at radius 3 is 2.68 bits per heavy atom. The number of carbonyl (C=O) groups excluding carboxylic acids is 1. The Kier molecular flexibility index (Phi) is 6.52. The van der Waals surface area contributed by atoms with Crippen LogP contribution < -0.4 is 15.4 Å². The number of para-hydroxylation sites is 1. The van der Waals surface area contributed by atoms with Gasteiger partial charge in [0.15, 0.2) is 11.5 Å². The van der Waals surface area contributed by atoms with E-state index in [1.165, 1.54) is 7.11 Å². The van der Waals surface area contributed by atoms with Crippen LogP contribution in [0.2, 0.25) is 0 Å². The van der Waals surface area contributed by atoms with Gasteiger partial charge in [0.2, 0.25) is 0 Å². The Morgan fingerprint density at radius 2 is 2.00 bits per heavy atom. The van der Waals surface area contributed by atoms with Gasteiger partial charge >= 0.3 is 6.03 Å². The summed E-state index contributed by atoms with van der Waals surface area (Å²) in [6.07, 6.45) is 0.529. The lowest BCUT2D eigenvalue weighted by atomic mass is 10.1. The molecular weight excluding hydrogens is 248 g/mol. The third kappa shape index (κ3) is 5.05. The highest BCUT2D eigenvalue weighted by molar-refractivity contribution is 5.73. The first kappa shape index (κ1) is 15.1. The molecule has 0 bridgehead atoms. The minimum Gasteiger partial charge on any atom is -0.504 e. The summed E-state index contributed by atoms with van der Waals surface area (Å²) >= 11 is 0. The maximum Gasteiger partial charge on any atom is 0.314 e. The number of hydrogen-bond acceptors (Lipinski definition) is 4. The second-order valence-corrected chi connectivity index (χ2v) is 3.89. The van der Waals surface area contributed by atoms with Crippen molar-refractivity contribution in [2.45, 2.75) is 6.42 Å². The summed E-state index contributed by atoms with van der Waals surface area (Å²) < 4.78 is 9.83. The molecule has 2 amide bonds. The number of phenols is 1. The van der Waals surface area contributed by atoms with E-state index in [4.69, 9.17) is 9.47 Å². The number of carbonyl (C=O) groups is 1. The lowest BCUT2D eigenvalue weighted by Crippen LogP contribution is -2.38. The number of urea groups is 1. The van der Waals surface area contributed by atoms with Crippen LogP contribution in [0, 0.1) is 0 Å². The molecule has 3 N–H and O–H groups in total. The van der Waals surface area contributed by atoms with Crippen LogP contribution in [-0.2, 0) is 11.2 Å². The summed E-state index contributed by atoms with van der Waals surface area (Å²) in [5.41, 5.74) is 0.733. The zero-order valence-corrected chi connectivity index (χ0v) is 11.2. The number of methoxy groups -OCH3 is 2. The fourth-order valence-electron chi connectivity index (χ4n) is 1.57. The van der Waals surface area contributed by atoms with Crippen LogP contribution in [0.15, 0.2) is 18.2 Å². The summed E-state index contributed by atoms with van der Waals surface area (Å²) in [5, 5.41) is 15.2. The third-order valence-electron chi connectivity index (χ3n) is 2.57. The van der Waals surface area contributed by atoms with Gasteiger partial charge in [0.25, 0.3) is 0 Å². The van der Waals surface area contributed by atoms with Gasteiger partial charge in [-0.25, -0.2) is 4.79 Å². The van der Waals surface area contributed by atoms with Crippen molar-refractivity contribution in [3.63, 3.8) is 0 Å². The van der Waals surface area contributed by atoms with Gasteiger partial charge in [0, 0.05) is 20.2 Å². The molecule has 0 spiro atoms. The van der Waals surface area contributed by atoms with Gasteiger partial charge < -0.3 is 25.2 Å². The molecule has 1 aromatic carbocycles. The Hall–Kier alpha value is -1.95. The molecule has 0 unspecified atom stereocenters. The molecule has 0 aromatic heterocycles. The van der Waals surface area contributed by atoms with Crippen molar-refractivity contribution in [2.24, 2.45) is 0 Å². The van der Waals surface area contributed by atoms with Crippen LogP contribution >= 0.6 is 0 Å². The zero-order chi connectivity index (χ0) is 14.1. The van der Waals surface area contributed by atoms with Gasteiger partial charge in [-0.3, -0.25) is 0 Å². The number of aromatic hydroxyl groups is 1. The molecule has 0 saturated heterocycles. The zero-order valence-electron chi connectivity index (χ0n) is 11.2. The number of amides is 2. The van der Waals surface area contributed by atoms with E-state index in [-0.39, 0.29) is 11.8 Å². The van der Waals surface area contributed by atoms with Crippen molar-refractivity contribution < 1.29 is 19.4 Å². The SMILES string of the molecule is COCCNC(=O)NCCc1cccc(OC)c1O. The highest BCUT2D eigenvalue weighted by atomic mass is 16.5. The molecule has 0 aliphatic carbocycles. The van der Waals surface area contributed by atoms with Crippen LogP contribution in [-0.4, -0.2) is 45.1 Å². The Labute approximate surface area is 112 Å². The minimum atomic E-state index is -0.251. The number of nitrogens with one attached hydrogen (secondary N) is 2. The number of rotatable bonds is 7. The standard InChI is InChI=1S/C13H20N2O4/c1-18-9-8-15-13(17)14-7-6-10-4-3-5-11(19-2)12(10)16/h3-5,16H,6-9H2,1-2H3,(H2,14,15,17). The van der Waals surface area contributed by atoms with Gasteiger partial charge in [0.1, 0.15) is 0 Å². The van der Waals surface area contributed by atoms with E-state index in [1.807, 2.05) is 0 Å². The number of ether oxygens (including phenoxy) is 2.